The third kappa shape index (κ3) is 6.31. The molecule has 0 aliphatic rings. The first kappa shape index (κ1) is 33.1. The first-order valence-corrected chi connectivity index (χ1v) is 19.0. The van der Waals surface area contributed by atoms with Crippen LogP contribution in [0.2, 0.25) is 0 Å². The molecular formula is C53H37N3. The summed E-state index contributed by atoms with van der Waals surface area (Å²) in [5, 5.41) is 7.50. The van der Waals surface area contributed by atoms with Gasteiger partial charge in [-0.1, -0.05) is 170 Å². The summed E-state index contributed by atoms with van der Waals surface area (Å²) in [6.45, 7) is 0. The van der Waals surface area contributed by atoms with Crippen molar-refractivity contribution in [2.24, 2.45) is 0 Å². The van der Waals surface area contributed by atoms with Gasteiger partial charge >= 0.3 is 0 Å². The van der Waals surface area contributed by atoms with E-state index in [0.717, 1.165) is 56.2 Å². The molecule has 264 valence electrons. The zero-order chi connectivity index (χ0) is 37.3. The van der Waals surface area contributed by atoms with E-state index in [1.807, 2.05) is 6.07 Å². The monoisotopic (exact) mass is 715 g/mol. The molecule has 0 aliphatic heterocycles. The van der Waals surface area contributed by atoms with Crippen molar-refractivity contribution in [2.45, 2.75) is 0 Å². The van der Waals surface area contributed by atoms with Crippen molar-refractivity contribution in [3.63, 3.8) is 0 Å². The minimum atomic E-state index is 0.957. The number of pyridine rings is 1. The van der Waals surface area contributed by atoms with Crippen LogP contribution in [0, 0.1) is 0 Å². The van der Waals surface area contributed by atoms with Crippen molar-refractivity contribution in [2.75, 3.05) is 4.90 Å². The highest BCUT2D eigenvalue weighted by Crippen LogP contribution is 2.39. The van der Waals surface area contributed by atoms with Crippen LogP contribution < -0.4 is 4.90 Å². The Kier molecular flexibility index (Phi) is 8.51. The Morgan fingerprint density at radius 3 is 1.20 bits per heavy atom. The van der Waals surface area contributed by atoms with Gasteiger partial charge in [0.15, 0.2) is 0 Å². The minimum Gasteiger partial charge on any atom is -0.311 e. The fourth-order valence-electron chi connectivity index (χ4n) is 7.73. The molecule has 0 N–H and O–H groups in total. The summed E-state index contributed by atoms with van der Waals surface area (Å²) in [4.78, 5) is 2.33. The van der Waals surface area contributed by atoms with Gasteiger partial charge in [0.1, 0.15) is 0 Å². The molecule has 0 amide bonds. The van der Waals surface area contributed by atoms with Crippen LogP contribution >= 0.6 is 0 Å². The molecule has 10 aromatic rings. The van der Waals surface area contributed by atoms with Crippen molar-refractivity contribution in [3.8, 4) is 55.9 Å². The van der Waals surface area contributed by atoms with Crippen molar-refractivity contribution < 1.29 is 0 Å². The van der Waals surface area contributed by atoms with Crippen LogP contribution in [0.4, 0.5) is 17.1 Å². The molecular weight excluding hydrogens is 679 g/mol. The number of hydrogen-bond donors (Lipinski definition) is 0. The lowest BCUT2D eigenvalue weighted by Gasteiger charge is -2.26. The molecule has 0 atom stereocenters. The van der Waals surface area contributed by atoms with E-state index in [-0.39, 0.29) is 0 Å². The normalized spacial score (nSPS) is 11.2. The molecule has 0 radical (unpaired) electrons. The molecule has 0 saturated heterocycles. The first-order valence-electron chi connectivity index (χ1n) is 19.0. The Morgan fingerprint density at radius 1 is 0.321 bits per heavy atom. The molecule has 10 rings (SSSR count). The predicted octanol–water partition coefficient (Wildman–Crippen LogP) is 14.3. The van der Waals surface area contributed by atoms with Crippen LogP contribution in [-0.2, 0) is 0 Å². The van der Waals surface area contributed by atoms with Crippen molar-refractivity contribution in [1.29, 1.82) is 0 Å². The molecule has 0 saturated carbocycles. The topological polar surface area (TPSA) is 20.5 Å². The van der Waals surface area contributed by atoms with Crippen LogP contribution in [0.25, 0.3) is 72.2 Å². The summed E-state index contributed by atoms with van der Waals surface area (Å²) in [5.41, 5.74) is 15.8. The standard InChI is InChI=1S/C53H37N3/c1-5-13-38(14-6-1)40-23-29-47(30-24-40)55(48-31-25-41(26-32-48)39-15-7-2-8-16-39)49-33-27-42(28-34-49)45-21-22-46-36-52(44-19-11-4-12-20-44)56-53(50(46)35-45)37-51(54-56)43-17-9-3-10-18-43/h1-37H. The van der Waals surface area contributed by atoms with Gasteiger partial charge in [0.25, 0.3) is 0 Å². The van der Waals surface area contributed by atoms with Crippen LogP contribution in [0.1, 0.15) is 0 Å². The zero-order valence-corrected chi connectivity index (χ0v) is 30.7. The number of fused-ring (bicyclic) bond motifs is 3. The van der Waals surface area contributed by atoms with Crippen molar-refractivity contribution >= 4 is 33.4 Å². The summed E-state index contributed by atoms with van der Waals surface area (Å²) < 4.78 is 2.11. The van der Waals surface area contributed by atoms with E-state index in [9.17, 15) is 0 Å². The van der Waals surface area contributed by atoms with Gasteiger partial charge in [0.05, 0.1) is 16.9 Å². The van der Waals surface area contributed by atoms with Gasteiger partial charge in [-0.25, -0.2) is 4.52 Å². The van der Waals surface area contributed by atoms with Crippen LogP contribution in [-0.4, -0.2) is 9.61 Å². The highest BCUT2D eigenvalue weighted by atomic mass is 15.2. The van der Waals surface area contributed by atoms with Crippen LogP contribution in [0.15, 0.2) is 224 Å². The Bertz CT molecular complexity index is 2820. The maximum atomic E-state index is 5.16. The number of nitrogens with zero attached hydrogens (tertiary/aromatic N) is 3. The van der Waals surface area contributed by atoms with E-state index >= 15 is 0 Å². The maximum Gasteiger partial charge on any atom is 0.0934 e. The molecule has 0 fully saturated rings. The van der Waals surface area contributed by atoms with Crippen LogP contribution in [0.3, 0.4) is 0 Å². The third-order valence-corrected chi connectivity index (χ3v) is 10.6. The summed E-state index contributed by atoms with van der Waals surface area (Å²) in [6, 6.07) is 80.0. The second kappa shape index (κ2) is 14.4. The van der Waals surface area contributed by atoms with Crippen molar-refractivity contribution in [3.05, 3.63) is 224 Å². The third-order valence-electron chi connectivity index (χ3n) is 10.6. The summed E-state index contributed by atoms with van der Waals surface area (Å²) in [5.74, 6) is 0. The fourth-order valence-corrected chi connectivity index (χ4v) is 7.73. The summed E-state index contributed by atoms with van der Waals surface area (Å²) in [6.07, 6.45) is 0. The highest BCUT2D eigenvalue weighted by molar-refractivity contribution is 6.02. The van der Waals surface area contributed by atoms with Crippen LogP contribution in [0.5, 0.6) is 0 Å². The first-order chi connectivity index (χ1) is 27.7. The fraction of sp³-hybridized carbons (Fsp3) is 0. The number of benzene rings is 8. The lowest BCUT2D eigenvalue weighted by molar-refractivity contribution is 0.979. The lowest BCUT2D eigenvalue weighted by atomic mass is 9.99. The Balaban J connectivity index is 1.04. The van der Waals surface area contributed by atoms with E-state index in [2.05, 4.69) is 228 Å². The lowest BCUT2D eigenvalue weighted by Crippen LogP contribution is -2.09. The van der Waals surface area contributed by atoms with Gasteiger partial charge in [-0.2, -0.15) is 5.10 Å². The van der Waals surface area contributed by atoms with E-state index in [0.29, 0.717) is 0 Å². The highest BCUT2D eigenvalue weighted by Gasteiger charge is 2.16. The van der Waals surface area contributed by atoms with Gasteiger partial charge in [0, 0.05) is 33.6 Å². The second-order valence-corrected chi connectivity index (χ2v) is 14.1. The minimum absolute atomic E-state index is 0.957. The number of aromatic nitrogens is 2. The molecule has 2 aromatic heterocycles. The molecule has 0 unspecified atom stereocenters. The molecule has 8 aromatic carbocycles. The van der Waals surface area contributed by atoms with E-state index in [1.165, 1.54) is 33.0 Å². The Labute approximate surface area is 327 Å². The van der Waals surface area contributed by atoms with E-state index < -0.39 is 0 Å². The van der Waals surface area contributed by atoms with Gasteiger partial charge < -0.3 is 4.90 Å². The maximum absolute atomic E-state index is 5.16. The SMILES string of the molecule is c1ccc(-c2ccc(N(c3ccc(-c4ccccc4)cc3)c3ccc(-c4ccc5cc(-c6ccccc6)n6nc(-c7ccccc7)cc6c5c4)cc3)cc2)cc1. The number of rotatable bonds is 8. The van der Waals surface area contributed by atoms with Gasteiger partial charge in [-0.3, -0.25) is 0 Å². The number of hydrogen-bond acceptors (Lipinski definition) is 2. The molecule has 0 bridgehead atoms. The number of anilines is 3. The Morgan fingerprint density at radius 2 is 0.714 bits per heavy atom. The summed E-state index contributed by atoms with van der Waals surface area (Å²) in [7, 11) is 0. The zero-order valence-electron chi connectivity index (χ0n) is 30.7. The average Bonchev–Trinajstić information content (AvgIpc) is 3.74. The largest absolute Gasteiger partial charge is 0.311 e. The van der Waals surface area contributed by atoms with Gasteiger partial charge in [0.2, 0.25) is 0 Å². The summed E-state index contributed by atoms with van der Waals surface area (Å²) >= 11 is 0. The molecule has 56 heavy (non-hydrogen) atoms. The van der Waals surface area contributed by atoms with E-state index in [4.69, 9.17) is 5.10 Å². The molecule has 0 spiro atoms. The molecule has 0 aliphatic carbocycles. The van der Waals surface area contributed by atoms with Gasteiger partial charge in [-0.05, 0) is 93.4 Å². The van der Waals surface area contributed by atoms with E-state index in [1.54, 1.807) is 0 Å². The van der Waals surface area contributed by atoms with Gasteiger partial charge in [-0.15, -0.1) is 0 Å². The predicted molar refractivity (Wildman–Crippen MR) is 235 cm³/mol. The Hall–Kier alpha value is -7.49. The quantitative estimate of drug-likeness (QED) is 0.156. The second-order valence-electron chi connectivity index (χ2n) is 14.1. The average molecular weight is 716 g/mol. The molecule has 3 nitrogen and oxygen atoms in total. The molecule has 3 heteroatoms. The van der Waals surface area contributed by atoms with Crippen molar-refractivity contribution in [1.82, 2.24) is 9.61 Å². The molecule has 2 heterocycles. The smallest absolute Gasteiger partial charge is 0.0934 e.